The van der Waals surface area contributed by atoms with Crippen molar-refractivity contribution in [3.05, 3.63) is 59.8 Å². The molecule has 1 amide bonds. The van der Waals surface area contributed by atoms with Gasteiger partial charge in [-0.15, -0.1) is 11.8 Å². The van der Waals surface area contributed by atoms with E-state index < -0.39 is 0 Å². The number of carbonyl (C=O) groups excluding carboxylic acids is 1. The average molecular weight is 372 g/mol. The summed E-state index contributed by atoms with van der Waals surface area (Å²) in [5.74, 6) is 1.86. The first-order valence-corrected chi connectivity index (χ1v) is 9.98. The van der Waals surface area contributed by atoms with Crippen molar-refractivity contribution in [3.8, 4) is 0 Å². The molecule has 1 aliphatic heterocycles. The zero-order chi connectivity index (χ0) is 18.2. The number of rotatable bonds is 7. The first-order valence-electron chi connectivity index (χ1n) is 8.93. The molecular weight excluding hydrogens is 346 g/mol. The maximum atomic E-state index is 12.3. The molecular formula is C20H25N3O2S. The Morgan fingerprint density at radius 3 is 2.65 bits per heavy atom. The summed E-state index contributed by atoms with van der Waals surface area (Å²) in [6.45, 7) is 5.70. The van der Waals surface area contributed by atoms with Crippen LogP contribution in [0.15, 0.2) is 48.7 Å². The van der Waals surface area contributed by atoms with E-state index in [1.165, 1.54) is 5.56 Å². The number of pyridine rings is 1. The minimum atomic E-state index is -0.0872. The van der Waals surface area contributed by atoms with Gasteiger partial charge in [0.15, 0.2) is 0 Å². The molecule has 26 heavy (non-hydrogen) atoms. The minimum absolute atomic E-state index is 0.0585. The van der Waals surface area contributed by atoms with E-state index in [-0.39, 0.29) is 11.2 Å². The fourth-order valence-corrected chi connectivity index (χ4v) is 3.57. The summed E-state index contributed by atoms with van der Waals surface area (Å²) in [6.07, 6.45) is 1.84. The van der Waals surface area contributed by atoms with E-state index >= 15 is 0 Å². The first-order chi connectivity index (χ1) is 12.7. The van der Waals surface area contributed by atoms with Gasteiger partial charge in [0, 0.05) is 31.6 Å². The van der Waals surface area contributed by atoms with Gasteiger partial charge in [-0.2, -0.15) is 0 Å². The summed E-state index contributed by atoms with van der Waals surface area (Å²) in [6, 6.07) is 14.3. The van der Waals surface area contributed by atoms with Crippen LogP contribution in [0.3, 0.4) is 0 Å². The lowest BCUT2D eigenvalue weighted by atomic mass is 10.2. The Morgan fingerprint density at radius 2 is 1.96 bits per heavy atom. The maximum absolute atomic E-state index is 12.3. The molecule has 3 rings (SSSR count). The molecule has 138 valence electrons. The Morgan fingerprint density at radius 1 is 1.19 bits per heavy atom. The van der Waals surface area contributed by atoms with E-state index in [0.29, 0.717) is 6.54 Å². The molecule has 2 heterocycles. The number of ether oxygens (including phenoxy) is 1. The van der Waals surface area contributed by atoms with Crippen molar-refractivity contribution < 1.29 is 9.53 Å². The summed E-state index contributed by atoms with van der Waals surface area (Å²) in [5, 5.41) is 2.91. The van der Waals surface area contributed by atoms with Crippen LogP contribution in [0.4, 0.5) is 5.82 Å². The summed E-state index contributed by atoms with van der Waals surface area (Å²) >= 11 is 1.65. The van der Waals surface area contributed by atoms with Crippen molar-refractivity contribution in [1.29, 1.82) is 0 Å². The van der Waals surface area contributed by atoms with E-state index in [2.05, 4.69) is 27.3 Å². The molecule has 1 aromatic heterocycles. The monoisotopic (exact) mass is 371 g/mol. The number of nitrogens with zero attached hydrogens (tertiary/aromatic N) is 2. The highest BCUT2D eigenvalue weighted by Crippen LogP contribution is 2.18. The van der Waals surface area contributed by atoms with Gasteiger partial charge in [-0.25, -0.2) is 4.98 Å². The predicted molar refractivity (Wildman–Crippen MR) is 106 cm³/mol. The lowest BCUT2D eigenvalue weighted by Gasteiger charge is -2.27. The van der Waals surface area contributed by atoms with Crippen LogP contribution in [-0.4, -0.2) is 42.4 Å². The zero-order valence-electron chi connectivity index (χ0n) is 15.1. The van der Waals surface area contributed by atoms with Crippen LogP contribution in [0.5, 0.6) is 0 Å². The van der Waals surface area contributed by atoms with Crippen molar-refractivity contribution in [2.45, 2.75) is 24.5 Å². The molecule has 6 heteroatoms. The van der Waals surface area contributed by atoms with Crippen LogP contribution in [0.1, 0.15) is 18.1 Å². The van der Waals surface area contributed by atoms with Gasteiger partial charge < -0.3 is 15.0 Å². The summed E-state index contributed by atoms with van der Waals surface area (Å²) in [5.41, 5.74) is 2.25. The van der Waals surface area contributed by atoms with E-state index in [4.69, 9.17) is 4.74 Å². The number of benzene rings is 1. The lowest BCUT2D eigenvalue weighted by Crippen LogP contribution is -2.36. The molecule has 0 aliphatic carbocycles. The van der Waals surface area contributed by atoms with Crippen molar-refractivity contribution in [2.75, 3.05) is 31.2 Å². The topological polar surface area (TPSA) is 54.5 Å². The van der Waals surface area contributed by atoms with Gasteiger partial charge in [0.1, 0.15) is 5.82 Å². The summed E-state index contributed by atoms with van der Waals surface area (Å²) < 4.78 is 5.36. The molecule has 0 spiro atoms. The van der Waals surface area contributed by atoms with Gasteiger partial charge in [-0.3, -0.25) is 4.79 Å². The third-order valence-corrected chi connectivity index (χ3v) is 5.54. The third-order valence-electron chi connectivity index (χ3n) is 4.32. The fraction of sp³-hybridized carbons (Fsp3) is 0.400. The minimum Gasteiger partial charge on any atom is -0.378 e. The Kier molecular flexibility index (Phi) is 6.91. The number of amides is 1. The lowest BCUT2D eigenvalue weighted by molar-refractivity contribution is -0.120. The van der Waals surface area contributed by atoms with Gasteiger partial charge in [-0.1, -0.05) is 36.4 Å². The Balaban J connectivity index is 1.43. The number of morpholine rings is 1. The largest absolute Gasteiger partial charge is 0.378 e. The highest BCUT2D eigenvalue weighted by molar-refractivity contribution is 7.99. The molecule has 1 aliphatic rings. The third kappa shape index (κ3) is 5.47. The summed E-state index contributed by atoms with van der Waals surface area (Å²) in [7, 11) is 0. The van der Waals surface area contributed by atoms with Crippen LogP contribution in [0.2, 0.25) is 0 Å². The highest BCUT2D eigenvalue weighted by atomic mass is 32.2. The quantitative estimate of drug-likeness (QED) is 0.811. The van der Waals surface area contributed by atoms with Gasteiger partial charge in [0.05, 0.1) is 18.5 Å². The normalized spacial score (nSPS) is 15.5. The molecule has 1 N–H and O–H groups in total. The standard InChI is InChI=1S/C20H25N3O2S/c1-16(26-15-17-5-3-2-4-6-17)20(24)22-14-18-7-8-19(21-13-18)23-9-11-25-12-10-23/h2-8,13,16H,9-12,14-15H2,1H3,(H,22,24)/t16-/m1/s1. The number of hydrogen-bond donors (Lipinski definition) is 1. The molecule has 5 nitrogen and oxygen atoms in total. The Bertz CT molecular complexity index is 688. The molecule has 1 saturated heterocycles. The number of carbonyl (C=O) groups is 1. The van der Waals surface area contributed by atoms with Crippen molar-refractivity contribution >= 4 is 23.5 Å². The van der Waals surface area contributed by atoms with Gasteiger partial charge in [0.2, 0.25) is 5.91 Å². The SMILES string of the molecule is C[C@@H](SCc1ccccc1)C(=O)NCc1ccc(N2CCOCC2)nc1. The molecule has 1 aromatic carbocycles. The molecule has 0 saturated carbocycles. The smallest absolute Gasteiger partial charge is 0.233 e. The van der Waals surface area contributed by atoms with Gasteiger partial charge >= 0.3 is 0 Å². The molecule has 1 fully saturated rings. The second-order valence-corrected chi connectivity index (χ2v) is 7.61. The first kappa shape index (κ1) is 18.7. The highest BCUT2D eigenvalue weighted by Gasteiger charge is 2.14. The predicted octanol–water partition coefficient (Wildman–Crippen LogP) is 2.86. The maximum Gasteiger partial charge on any atom is 0.233 e. The Labute approximate surface area is 159 Å². The summed E-state index contributed by atoms with van der Waals surface area (Å²) in [4.78, 5) is 19.0. The number of anilines is 1. The number of aromatic nitrogens is 1. The van der Waals surface area contributed by atoms with Crippen molar-refractivity contribution in [1.82, 2.24) is 10.3 Å². The molecule has 2 aromatic rings. The van der Waals surface area contributed by atoms with Crippen LogP contribution in [0, 0.1) is 0 Å². The van der Waals surface area contributed by atoms with Crippen molar-refractivity contribution in [3.63, 3.8) is 0 Å². The fourth-order valence-electron chi connectivity index (χ4n) is 2.70. The number of hydrogen-bond acceptors (Lipinski definition) is 5. The number of thioether (sulfide) groups is 1. The van der Waals surface area contributed by atoms with E-state index in [1.54, 1.807) is 11.8 Å². The van der Waals surface area contributed by atoms with Crippen LogP contribution in [-0.2, 0) is 21.8 Å². The van der Waals surface area contributed by atoms with Crippen LogP contribution in [0.25, 0.3) is 0 Å². The van der Waals surface area contributed by atoms with Crippen molar-refractivity contribution in [2.24, 2.45) is 0 Å². The van der Waals surface area contributed by atoms with Crippen LogP contribution >= 0.6 is 11.8 Å². The number of nitrogens with one attached hydrogen (secondary N) is 1. The van der Waals surface area contributed by atoms with E-state index in [0.717, 1.165) is 43.4 Å². The zero-order valence-corrected chi connectivity index (χ0v) is 15.9. The molecule has 1 atom stereocenters. The Hall–Kier alpha value is -2.05. The second-order valence-electron chi connectivity index (χ2n) is 6.28. The van der Waals surface area contributed by atoms with E-state index in [9.17, 15) is 4.79 Å². The van der Waals surface area contributed by atoms with Gasteiger partial charge in [-0.05, 0) is 24.1 Å². The average Bonchev–Trinajstić information content (AvgIpc) is 2.72. The second kappa shape index (κ2) is 9.59. The molecule has 0 bridgehead atoms. The molecule has 0 radical (unpaired) electrons. The molecule has 0 unspecified atom stereocenters. The van der Waals surface area contributed by atoms with E-state index in [1.807, 2.05) is 43.5 Å². The van der Waals surface area contributed by atoms with Crippen LogP contribution < -0.4 is 10.2 Å². The van der Waals surface area contributed by atoms with Gasteiger partial charge in [0.25, 0.3) is 0 Å².